The molecule has 6 nitrogen and oxygen atoms in total. The van der Waals surface area contributed by atoms with E-state index in [-0.39, 0.29) is 14.9 Å². The van der Waals surface area contributed by atoms with Gasteiger partial charge in [0, 0.05) is 16.8 Å². The van der Waals surface area contributed by atoms with E-state index in [9.17, 15) is 13.2 Å². The number of carbonyl (C=O) groups is 1. The minimum atomic E-state index is -3.97. The summed E-state index contributed by atoms with van der Waals surface area (Å²) in [5.41, 5.74) is 0.485. The van der Waals surface area contributed by atoms with Crippen LogP contribution in [0.3, 0.4) is 0 Å². The maximum Gasteiger partial charge on any atom is 0.242 e. The summed E-state index contributed by atoms with van der Waals surface area (Å²) in [6, 6.07) is 10.7. The summed E-state index contributed by atoms with van der Waals surface area (Å²) in [5.74, 6) is 0.0315. The zero-order chi connectivity index (χ0) is 17.7. The van der Waals surface area contributed by atoms with E-state index < -0.39 is 22.5 Å². The van der Waals surface area contributed by atoms with Crippen molar-refractivity contribution in [3.05, 3.63) is 52.5 Å². The molecule has 0 aliphatic heterocycles. The summed E-state index contributed by atoms with van der Waals surface area (Å²) in [7, 11) is -2.46. The van der Waals surface area contributed by atoms with Crippen LogP contribution in [0.25, 0.3) is 0 Å². The highest BCUT2D eigenvalue weighted by molar-refractivity contribution is 7.89. The van der Waals surface area contributed by atoms with Gasteiger partial charge in [0.2, 0.25) is 15.9 Å². The van der Waals surface area contributed by atoms with Gasteiger partial charge in [-0.05, 0) is 30.3 Å². The highest BCUT2D eigenvalue weighted by atomic mass is 35.5. The van der Waals surface area contributed by atoms with E-state index in [1.54, 1.807) is 24.3 Å². The fraction of sp³-hybridized carbons (Fsp3) is 0.133. The normalized spacial score (nSPS) is 11.1. The van der Waals surface area contributed by atoms with Gasteiger partial charge >= 0.3 is 0 Å². The van der Waals surface area contributed by atoms with E-state index in [4.69, 9.17) is 27.9 Å². The Morgan fingerprint density at radius 2 is 1.92 bits per heavy atom. The number of nitrogens with one attached hydrogen (secondary N) is 2. The monoisotopic (exact) mass is 388 g/mol. The van der Waals surface area contributed by atoms with Crippen molar-refractivity contribution in [2.24, 2.45) is 0 Å². The zero-order valence-corrected chi connectivity index (χ0v) is 14.9. The Bertz CT molecular complexity index is 856. The fourth-order valence-electron chi connectivity index (χ4n) is 1.83. The molecule has 1 amide bonds. The first kappa shape index (κ1) is 18.5. The average Bonchev–Trinajstić information content (AvgIpc) is 2.55. The standard InChI is InChI=1S/C15H14Cl2N2O4S/c1-23-12-4-2-3-11(8-12)19-15(20)9-18-24(21,22)14-7-10(16)5-6-13(14)17/h2-8,18H,9H2,1H3,(H,19,20). The van der Waals surface area contributed by atoms with Crippen LogP contribution in [0.15, 0.2) is 47.4 Å². The van der Waals surface area contributed by atoms with Crippen molar-refractivity contribution in [2.45, 2.75) is 4.90 Å². The van der Waals surface area contributed by atoms with Gasteiger partial charge in [-0.2, -0.15) is 0 Å². The molecular weight excluding hydrogens is 375 g/mol. The Kier molecular flexibility index (Phi) is 6.06. The van der Waals surface area contributed by atoms with Crippen LogP contribution < -0.4 is 14.8 Å². The molecule has 0 saturated heterocycles. The van der Waals surface area contributed by atoms with Crippen LogP contribution in [0.1, 0.15) is 0 Å². The van der Waals surface area contributed by atoms with E-state index >= 15 is 0 Å². The number of benzene rings is 2. The third-order valence-electron chi connectivity index (χ3n) is 2.96. The number of anilines is 1. The number of amides is 1. The Balaban J connectivity index is 2.03. The lowest BCUT2D eigenvalue weighted by Gasteiger charge is -2.10. The number of hydrogen-bond donors (Lipinski definition) is 2. The molecule has 0 bridgehead atoms. The molecule has 24 heavy (non-hydrogen) atoms. The highest BCUT2D eigenvalue weighted by Crippen LogP contribution is 2.24. The van der Waals surface area contributed by atoms with Gasteiger partial charge in [-0.1, -0.05) is 29.3 Å². The van der Waals surface area contributed by atoms with Gasteiger partial charge in [0.05, 0.1) is 18.7 Å². The first-order valence-electron chi connectivity index (χ1n) is 6.70. The van der Waals surface area contributed by atoms with Gasteiger partial charge in [-0.25, -0.2) is 13.1 Å². The molecule has 0 aliphatic rings. The predicted octanol–water partition coefficient (Wildman–Crippen LogP) is 2.92. The number of ether oxygens (including phenoxy) is 1. The lowest BCUT2D eigenvalue weighted by Crippen LogP contribution is -2.33. The highest BCUT2D eigenvalue weighted by Gasteiger charge is 2.19. The summed E-state index contributed by atoms with van der Waals surface area (Å²) in [4.78, 5) is 11.7. The first-order chi connectivity index (χ1) is 11.3. The third-order valence-corrected chi connectivity index (χ3v) is 5.08. The molecule has 0 radical (unpaired) electrons. The smallest absolute Gasteiger partial charge is 0.242 e. The lowest BCUT2D eigenvalue weighted by atomic mass is 10.3. The number of methoxy groups -OCH3 is 1. The van der Waals surface area contributed by atoms with Gasteiger partial charge < -0.3 is 10.1 Å². The largest absolute Gasteiger partial charge is 0.497 e. The van der Waals surface area contributed by atoms with E-state index in [0.29, 0.717) is 11.4 Å². The van der Waals surface area contributed by atoms with Crippen LogP contribution in [0.4, 0.5) is 5.69 Å². The molecule has 2 aromatic rings. The van der Waals surface area contributed by atoms with Crippen molar-refractivity contribution in [3.8, 4) is 5.75 Å². The molecule has 0 fully saturated rings. The van der Waals surface area contributed by atoms with E-state index in [1.165, 1.54) is 25.3 Å². The van der Waals surface area contributed by atoms with Crippen LogP contribution in [0, 0.1) is 0 Å². The molecule has 0 unspecified atom stereocenters. The quantitative estimate of drug-likeness (QED) is 0.796. The second-order valence-electron chi connectivity index (χ2n) is 4.68. The molecular formula is C15H14Cl2N2O4S. The Morgan fingerprint density at radius 3 is 2.62 bits per heavy atom. The Morgan fingerprint density at radius 1 is 1.17 bits per heavy atom. The van der Waals surface area contributed by atoms with Gasteiger partial charge in [0.25, 0.3) is 0 Å². The van der Waals surface area contributed by atoms with Crippen LogP contribution in [-0.2, 0) is 14.8 Å². The van der Waals surface area contributed by atoms with Gasteiger partial charge in [-0.3, -0.25) is 4.79 Å². The number of rotatable bonds is 6. The molecule has 0 aliphatic carbocycles. The second kappa shape index (κ2) is 7.85. The summed E-state index contributed by atoms with van der Waals surface area (Å²) in [6.45, 7) is -0.456. The van der Waals surface area contributed by atoms with E-state index in [1.807, 2.05) is 0 Å². The van der Waals surface area contributed by atoms with Crippen molar-refractivity contribution in [1.29, 1.82) is 0 Å². The molecule has 2 rings (SSSR count). The molecule has 128 valence electrons. The maximum absolute atomic E-state index is 12.2. The number of halogens is 2. The van der Waals surface area contributed by atoms with Crippen molar-refractivity contribution < 1.29 is 17.9 Å². The van der Waals surface area contributed by atoms with Crippen molar-refractivity contribution in [2.75, 3.05) is 19.0 Å². The predicted molar refractivity (Wildman–Crippen MR) is 93.3 cm³/mol. The molecule has 0 atom stereocenters. The van der Waals surface area contributed by atoms with Crippen molar-refractivity contribution in [1.82, 2.24) is 4.72 Å². The molecule has 0 aromatic heterocycles. The van der Waals surface area contributed by atoms with Gasteiger partial charge in [0.15, 0.2) is 0 Å². The molecule has 0 spiro atoms. The molecule has 2 aromatic carbocycles. The lowest BCUT2D eigenvalue weighted by molar-refractivity contribution is -0.115. The van der Waals surface area contributed by atoms with Crippen LogP contribution in [0.2, 0.25) is 10.0 Å². The fourth-order valence-corrected chi connectivity index (χ4v) is 3.57. The third kappa shape index (κ3) is 4.85. The number of hydrogen-bond acceptors (Lipinski definition) is 4. The summed E-state index contributed by atoms with van der Waals surface area (Å²) >= 11 is 11.6. The average molecular weight is 389 g/mol. The summed E-state index contributed by atoms with van der Waals surface area (Å²) < 4.78 is 31.6. The molecule has 2 N–H and O–H groups in total. The van der Waals surface area contributed by atoms with Gasteiger partial charge in [-0.15, -0.1) is 0 Å². The summed E-state index contributed by atoms with van der Waals surface area (Å²) in [5, 5.41) is 2.80. The minimum absolute atomic E-state index is 0.0140. The van der Waals surface area contributed by atoms with Crippen LogP contribution in [0.5, 0.6) is 5.75 Å². The van der Waals surface area contributed by atoms with Crippen molar-refractivity contribution >= 4 is 44.8 Å². The topological polar surface area (TPSA) is 84.5 Å². The van der Waals surface area contributed by atoms with Crippen molar-refractivity contribution in [3.63, 3.8) is 0 Å². The zero-order valence-electron chi connectivity index (χ0n) is 12.5. The number of sulfonamides is 1. The van der Waals surface area contributed by atoms with E-state index in [2.05, 4.69) is 10.0 Å². The Hall–Kier alpha value is -1.80. The first-order valence-corrected chi connectivity index (χ1v) is 8.94. The summed E-state index contributed by atoms with van der Waals surface area (Å²) in [6.07, 6.45) is 0. The Labute approximate surface area is 149 Å². The molecule has 0 heterocycles. The van der Waals surface area contributed by atoms with Crippen LogP contribution >= 0.6 is 23.2 Å². The second-order valence-corrected chi connectivity index (χ2v) is 7.26. The van der Waals surface area contributed by atoms with Crippen LogP contribution in [-0.4, -0.2) is 28.0 Å². The maximum atomic E-state index is 12.2. The molecule has 9 heteroatoms. The number of carbonyl (C=O) groups excluding carboxylic acids is 1. The van der Waals surface area contributed by atoms with E-state index in [0.717, 1.165) is 0 Å². The minimum Gasteiger partial charge on any atom is -0.497 e. The SMILES string of the molecule is COc1cccc(NC(=O)CNS(=O)(=O)c2cc(Cl)ccc2Cl)c1. The molecule has 0 saturated carbocycles. The van der Waals surface area contributed by atoms with Gasteiger partial charge in [0.1, 0.15) is 10.6 Å².